The molecule has 6 amide bonds. The minimum absolute atomic E-state index is 0.0113. The van der Waals surface area contributed by atoms with Crippen LogP contribution in [0.3, 0.4) is 0 Å². The average Bonchev–Trinajstić information content (AvgIpc) is 0.911. The summed E-state index contributed by atoms with van der Waals surface area (Å²) in [5.41, 5.74) is -0.679. The Morgan fingerprint density at radius 2 is 0.639 bits per heavy atom. The van der Waals surface area contributed by atoms with Crippen molar-refractivity contribution in [2.24, 2.45) is 11.8 Å². The van der Waals surface area contributed by atoms with Gasteiger partial charge in [0.05, 0.1) is 52.9 Å². The van der Waals surface area contributed by atoms with Crippen LogP contribution in [0.4, 0.5) is 4.79 Å². The third-order valence-corrected chi connectivity index (χ3v) is 14.2. The van der Waals surface area contributed by atoms with Gasteiger partial charge in [-0.15, -0.1) is 0 Å². The van der Waals surface area contributed by atoms with Crippen molar-refractivity contribution in [3.8, 4) is 0 Å². The van der Waals surface area contributed by atoms with E-state index in [0.717, 1.165) is 0 Å². The standard InChI is InChI=1S/C66H108N6O25/c1-12-89-55(78)36-29-47(61(84)93-16-5)69-53(76)34-27-44(59(82)71-49(63(86)95-18-7)31-38-57(80)91-14-3)42-51(74)43(41-45(73)25-23-21-20-22-24-40-67-65(88)97-66(9,10)11)26-33-52(75)68-46(60(83)72-50(64(87)96-19-8)32-39-58(81)92-15-4)28-35-54(77)70-48(62(85)94-17-6)30-37-56(79)90-13-2/h43-44,46-50H,12-42H2,1-11H3,(H,67,88)(H,68,75)(H,69,76)(H,70,77)(H,71,82)(H,72,83). The van der Waals surface area contributed by atoms with E-state index >= 15 is 0 Å². The molecule has 0 fully saturated rings. The number of hydrogen-bond acceptors (Lipinski definition) is 25. The van der Waals surface area contributed by atoms with Crippen LogP contribution in [0.15, 0.2) is 0 Å². The molecule has 6 N–H and O–H groups in total. The number of carbonyl (C=O) groups excluding carboxylic acids is 16. The van der Waals surface area contributed by atoms with Crippen molar-refractivity contribution >= 4 is 95.0 Å². The van der Waals surface area contributed by atoms with Crippen LogP contribution < -0.4 is 31.9 Å². The number of rotatable bonds is 53. The second-order valence-corrected chi connectivity index (χ2v) is 23.2. The van der Waals surface area contributed by atoms with Crippen molar-refractivity contribution in [2.45, 2.75) is 253 Å². The van der Waals surface area contributed by atoms with Crippen molar-refractivity contribution in [2.75, 3.05) is 59.4 Å². The quantitative estimate of drug-likeness (QED) is 0.0279. The van der Waals surface area contributed by atoms with Crippen LogP contribution in [-0.2, 0) is 115 Å². The smallest absolute Gasteiger partial charge is 0.407 e. The van der Waals surface area contributed by atoms with Gasteiger partial charge in [-0.3, -0.25) is 52.7 Å². The highest BCUT2D eigenvalue weighted by Gasteiger charge is 2.35. The topological polar surface area (TPSA) is 428 Å². The van der Waals surface area contributed by atoms with Crippen LogP contribution >= 0.6 is 0 Å². The highest BCUT2D eigenvalue weighted by molar-refractivity contribution is 5.95. The SMILES string of the molecule is CCOC(=O)CCC(NC(=O)CCC(CC(=O)C(CCC(=O)NC(CCC(=O)NC(CCC(=O)OCC)C(=O)OCC)C(=O)NC(CCC(=O)OCC)C(=O)OCC)CC(=O)CCCCCCCNC(=O)OC(C)(C)C)C(=O)NC(CCC(=O)OCC)C(=O)OCC)C(=O)OCC. The normalized spacial score (nSPS) is 13.1. The molecule has 0 bridgehead atoms. The fourth-order valence-corrected chi connectivity index (χ4v) is 9.44. The first-order valence-corrected chi connectivity index (χ1v) is 33.8. The summed E-state index contributed by atoms with van der Waals surface area (Å²) in [6, 6.07) is -7.31. The van der Waals surface area contributed by atoms with Gasteiger partial charge in [0.15, 0.2) is 0 Å². The third kappa shape index (κ3) is 42.8. The molecular weight excluding hydrogens is 1280 g/mol. The minimum atomic E-state index is -1.66. The molecule has 0 heterocycles. The lowest BCUT2D eigenvalue weighted by atomic mass is 9.84. The number of alkyl carbamates (subject to hydrolysis) is 1. The van der Waals surface area contributed by atoms with Crippen molar-refractivity contribution in [1.29, 1.82) is 0 Å². The molecule has 0 rings (SSSR count). The maximum Gasteiger partial charge on any atom is 0.407 e. The Morgan fingerprint density at radius 1 is 0.320 bits per heavy atom. The van der Waals surface area contributed by atoms with Gasteiger partial charge in [-0.2, -0.15) is 0 Å². The van der Waals surface area contributed by atoms with Gasteiger partial charge in [-0.25, -0.2) is 24.0 Å². The van der Waals surface area contributed by atoms with E-state index < -0.39 is 194 Å². The molecule has 0 spiro atoms. The van der Waals surface area contributed by atoms with Gasteiger partial charge in [0, 0.05) is 82.6 Å². The number of hydrogen-bond donors (Lipinski definition) is 6. The third-order valence-electron chi connectivity index (χ3n) is 14.2. The first kappa shape index (κ1) is 88.7. The van der Waals surface area contributed by atoms with Gasteiger partial charge in [-0.1, -0.05) is 19.3 Å². The summed E-state index contributed by atoms with van der Waals surface area (Å²) in [6.45, 7) is 17.6. The van der Waals surface area contributed by atoms with Crippen molar-refractivity contribution < 1.29 is 119 Å². The fourth-order valence-electron chi connectivity index (χ4n) is 9.44. The van der Waals surface area contributed by atoms with Gasteiger partial charge in [0.1, 0.15) is 47.4 Å². The molecule has 0 aliphatic carbocycles. The monoisotopic (exact) mass is 1380 g/mol. The number of ether oxygens (including phenoxy) is 9. The molecule has 0 aromatic rings. The maximum absolute atomic E-state index is 14.9. The lowest BCUT2D eigenvalue weighted by Gasteiger charge is -2.24. The molecule has 7 atom stereocenters. The van der Waals surface area contributed by atoms with Gasteiger partial charge in [0.25, 0.3) is 0 Å². The molecular formula is C66H108N6O25. The van der Waals surface area contributed by atoms with Crippen LogP contribution in [0.2, 0.25) is 0 Å². The Kier molecular flexibility index (Phi) is 47.5. The molecule has 0 saturated carbocycles. The number of amides is 6. The van der Waals surface area contributed by atoms with E-state index in [9.17, 15) is 76.7 Å². The summed E-state index contributed by atoms with van der Waals surface area (Å²) in [5.74, 6) is -15.0. The predicted molar refractivity (Wildman–Crippen MR) is 346 cm³/mol. The first-order chi connectivity index (χ1) is 46.0. The van der Waals surface area contributed by atoms with Crippen molar-refractivity contribution in [1.82, 2.24) is 31.9 Å². The Balaban J connectivity index is 7.53. The van der Waals surface area contributed by atoms with Crippen LogP contribution in [-0.4, -0.2) is 190 Å². The summed E-state index contributed by atoms with van der Waals surface area (Å²) < 4.78 is 45.8. The van der Waals surface area contributed by atoms with Gasteiger partial charge in [0.2, 0.25) is 29.5 Å². The lowest BCUT2D eigenvalue weighted by molar-refractivity contribution is -0.150. The predicted octanol–water partition coefficient (Wildman–Crippen LogP) is 4.39. The molecule has 0 aliphatic rings. The van der Waals surface area contributed by atoms with E-state index in [0.29, 0.717) is 38.6 Å². The van der Waals surface area contributed by atoms with E-state index in [4.69, 9.17) is 42.6 Å². The molecule has 97 heavy (non-hydrogen) atoms. The average molecular weight is 1390 g/mol. The fraction of sp³-hybridized carbons (Fsp3) is 0.758. The second kappa shape index (κ2) is 51.9. The van der Waals surface area contributed by atoms with E-state index in [2.05, 4.69) is 31.9 Å². The molecule has 0 aromatic heterocycles. The number of unbranched alkanes of at least 4 members (excludes halogenated alkanes) is 4. The molecule has 0 saturated heterocycles. The molecule has 552 valence electrons. The largest absolute Gasteiger partial charge is 0.466 e. The Bertz CT molecular complexity index is 2540. The lowest BCUT2D eigenvalue weighted by Crippen LogP contribution is -2.52. The van der Waals surface area contributed by atoms with Gasteiger partial charge in [-0.05, 0) is 134 Å². The van der Waals surface area contributed by atoms with E-state index in [-0.39, 0.29) is 111 Å². The summed E-state index contributed by atoms with van der Waals surface area (Å²) >= 11 is 0. The van der Waals surface area contributed by atoms with E-state index in [1.807, 2.05) is 0 Å². The summed E-state index contributed by atoms with van der Waals surface area (Å²) in [4.78, 5) is 213. The van der Waals surface area contributed by atoms with E-state index in [1.165, 1.54) is 27.7 Å². The van der Waals surface area contributed by atoms with Gasteiger partial charge >= 0.3 is 53.8 Å². The summed E-state index contributed by atoms with van der Waals surface area (Å²) in [6.07, 6.45) is -4.33. The molecule has 31 heteroatoms. The highest BCUT2D eigenvalue weighted by atomic mass is 16.6. The zero-order valence-electron chi connectivity index (χ0n) is 58.7. The summed E-state index contributed by atoms with van der Waals surface area (Å²) in [7, 11) is 0. The number of esters is 8. The number of Topliss-reactive ketones (excluding diaryl/α,β-unsaturated/α-hetero) is 2. The van der Waals surface area contributed by atoms with Crippen molar-refractivity contribution in [3.05, 3.63) is 0 Å². The van der Waals surface area contributed by atoms with Crippen LogP contribution in [0, 0.1) is 11.8 Å². The van der Waals surface area contributed by atoms with Gasteiger partial charge < -0.3 is 74.5 Å². The molecule has 0 aliphatic heterocycles. The second-order valence-electron chi connectivity index (χ2n) is 23.2. The molecule has 0 aromatic carbocycles. The van der Waals surface area contributed by atoms with Crippen molar-refractivity contribution in [3.63, 3.8) is 0 Å². The van der Waals surface area contributed by atoms with E-state index in [1.54, 1.807) is 48.5 Å². The van der Waals surface area contributed by atoms with Crippen LogP contribution in [0.1, 0.15) is 217 Å². The van der Waals surface area contributed by atoms with Crippen LogP contribution in [0.5, 0.6) is 0 Å². The molecule has 0 radical (unpaired) electrons. The maximum atomic E-state index is 14.9. The molecule has 31 nitrogen and oxygen atoms in total. The first-order valence-electron chi connectivity index (χ1n) is 33.8. The summed E-state index contributed by atoms with van der Waals surface area (Å²) in [5, 5.41) is 15.2. The minimum Gasteiger partial charge on any atom is -0.466 e. The molecule has 7 unspecified atom stereocenters. The highest BCUT2D eigenvalue weighted by Crippen LogP contribution is 2.24. The number of nitrogens with one attached hydrogen (secondary N) is 6. The zero-order chi connectivity index (χ0) is 73.3. The Hall–Kier alpha value is -8.28. The number of carbonyl (C=O) groups is 16. The number of ketones is 2. The van der Waals surface area contributed by atoms with Crippen LogP contribution in [0.25, 0.3) is 0 Å². The zero-order valence-corrected chi connectivity index (χ0v) is 58.7. The Labute approximate surface area is 568 Å². The Morgan fingerprint density at radius 3 is 1.02 bits per heavy atom.